The lowest BCUT2D eigenvalue weighted by molar-refractivity contribution is 0.0531. The molecule has 0 N–H and O–H groups in total. The number of carbonyl (C=O) groups is 1. The van der Waals surface area contributed by atoms with Gasteiger partial charge in [0.1, 0.15) is 4.88 Å². The standard InChI is InChI=1S/C15H16N2O2S3/c1-4-19-13(18)12-9-6-5-8-7-16-15(21-3)17-11(8)10(9)14(20-2)22-12/h7H,4-6H2,1-3H3. The van der Waals surface area contributed by atoms with Crippen LogP contribution in [-0.4, -0.2) is 35.1 Å². The zero-order chi connectivity index (χ0) is 15.7. The average Bonchev–Trinajstić information content (AvgIpc) is 2.93. The fourth-order valence-corrected chi connectivity index (χ4v) is 4.90. The molecule has 0 fully saturated rings. The van der Waals surface area contributed by atoms with Gasteiger partial charge in [-0.1, -0.05) is 11.8 Å². The van der Waals surface area contributed by atoms with Gasteiger partial charge in [0.2, 0.25) is 0 Å². The Kier molecular flexibility index (Phi) is 4.75. The number of aromatic nitrogens is 2. The van der Waals surface area contributed by atoms with Crippen LogP contribution in [0.2, 0.25) is 0 Å². The molecule has 0 atom stereocenters. The number of nitrogens with zero attached hydrogens (tertiary/aromatic N) is 2. The summed E-state index contributed by atoms with van der Waals surface area (Å²) in [4.78, 5) is 22.0. The molecule has 0 radical (unpaired) electrons. The maximum atomic E-state index is 12.2. The molecule has 2 heterocycles. The minimum atomic E-state index is -0.216. The minimum Gasteiger partial charge on any atom is -0.462 e. The Balaban J connectivity index is 2.17. The van der Waals surface area contributed by atoms with Gasteiger partial charge in [-0.3, -0.25) is 0 Å². The number of aryl methyl sites for hydroxylation is 1. The van der Waals surface area contributed by atoms with Crippen LogP contribution in [0, 0.1) is 0 Å². The van der Waals surface area contributed by atoms with Crippen molar-refractivity contribution < 1.29 is 9.53 Å². The van der Waals surface area contributed by atoms with Crippen molar-refractivity contribution in [3.8, 4) is 11.3 Å². The van der Waals surface area contributed by atoms with Gasteiger partial charge in [-0.05, 0) is 43.4 Å². The van der Waals surface area contributed by atoms with Crippen LogP contribution in [-0.2, 0) is 17.6 Å². The first-order valence-corrected chi connectivity index (χ1v) is 10.2. The molecule has 116 valence electrons. The third-order valence-electron chi connectivity index (χ3n) is 3.53. The quantitative estimate of drug-likeness (QED) is 0.472. The Morgan fingerprint density at radius 2 is 2.18 bits per heavy atom. The molecule has 1 aliphatic carbocycles. The molecule has 2 aromatic heterocycles. The number of esters is 1. The summed E-state index contributed by atoms with van der Waals surface area (Å²) in [6.07, 6.45) is 7.64. The van der Waals surface area contributed by atoms with Crippen LogP contribution in [0.1, 0.15) is 27.7 Å². The highest BCUT2D eigenvalue weighted by molar-refractivity contribution is 8.00. The second-order valence-corrected chi connectivity index (χ2v) is 7.60. The number of hydrogen-bond acceptors (Lipinski definition) is 7. The Morgan fingerprint density at radius 1 is 1.36 bits per heavy atom. The largest absolute Gasteiger partial charge is 0.462 e. The van der Waals surface area contributed by atoms with Gasteiger partial charge in [0.15, 0.2) is 5.16 Å². The number of carbonyl (C=O) groups excluding carboxylic acids is 1. The molecule has 22 heavy (non-hydrogen) atoms. The molecule has 0 unspecified atom stereocenters. The molecule has 0 bridgehead atoms. The van der Waals surface area contributed by atoms with E-state index in [4.69, 9.17) is 9.72 Å². The molecule has 1 aliphatic rings. The van der Waals surface area contributed by atoms with Gasteiger partial charge in [0.25, 0.3) is 0 Å². The van der Waals surface area contributed by atoms with E-state index in [0.717, 1.165) is 49.5 Å². The Hall–Kier alpha value is -1.05. The first kappa shape index (κ1) is 15.8. The summed E-state index contributed by atoms with van der Waals surface area (Å²) in [5, 5.41) is 0.766. The summed E-state index contributed by atoms with van der Waals surface area (Å²) in [6.45, 7) is 2.23. The molecule has 4 nitrogen and oxygen atoms in total. The molecule has 0 amide bonds. The van der Waals surface area contributed by atoms with Crippen LogP contribution in [0.25, 0.3) is 11.3 Å². The van der Waals surface area contributed by atoms with Crippen LogP contribution in [0.4, 0.5) is 0 Å². The van der Waals surface area contributed by atoms with Crippen molar-refractivity contribution >= 4 is 40.8 Å². The highest BCUT2D eigenvalue weighted by Gasteiger charge is 2.29. The van der Waals surface area contributed by atoms with E-state index < -0.39 is 0 Å². The zero-order valence-corrected chi connectivity index (χ0v) is 15.1. The highest BCUT2D eigenvalue weighted by Crippen LogP contribution is 2.45. The maximum Gasteiger partial charge on any atom is 0.348 e. The van der Waals surface area contributed by atoms with Crippen molar-refractivity contribution in [2.75, 3.05) is 19.1 Å². The molecule has 0 aromatic carbocycles. The molecule has 2 aromatic rings. The van der Waals surface area contributed by atoms with Crippen LogP contribution < -0.4 is 0 Å². The van der Waals surface area contributed by atoms with E-state index >= 15 is 0 Å². The Morgan fingerprint density at radius 3 is 2.86 bits per heavy atom. The van der Waals surface area contributed by atoms with E-state index in [-0.39, 0.29) is 5.97 Å². The normalized spacial score (nSPS) is 12.7. The molecule has 0 saturated heterocycles. The van der Waals surface area contributed by atoms with Gasteiger partial charge in [-0.15, -0.1) is 23.1 Å². The van der Waals surface area contributed by atoms with Gasteiger partial charge in [0.05, 0.1) is 16.5 Å². The van der Waals surface area contributed by atoms with Crippen LogP contribution >= 0.6 is 34.9 Å². The summed E-state index contributed by atoms with van der Waals surface area (Å²) in [6, 6.07) is 0. The van der Waals surface area contributed by atoms with E-state index in [2.05, 4.69) is 4.98 Å². The summed E-state index contributed by atoms with van der Waals surface area (Å²) in [5.74, 6) is -0.216. The van der Waals surface area contributed by atoms with Crippen molar-refractivity contribution in [2.24, 2.45) is 0 Å². The van der Waals surface area contributed by atoms with Crippen LogP contribution in [0.3, 0.4) is 0 Å². The predicted octanol–water partition coefficient (Wildman–Crippen LogP) is 3.92. The van der Waals surface area contributed by atoms with E-state index in [1.165, 1.54) is 23.1 Å². The SMILES string of the molecule is CCOC(=O)c1sc(SC)c2c1CCc1cnc(SC)nc1-2. The fourth-order valence-electron chi connectivity index (χ4n) is 2.57. The Bertz CT molecular complexity index is 728. The molecule has 0 spiro atoms. The summed E-state index contributed by atoms with van der Waals surface area (Å²) in [5.41, 5.74) is 4.34. The first-order chi connectivity index (χ1) is 10.7. The number of hydrogen-bond donors (Lipinski definition) is 0. The number of thioether (sulfide) groups is 2. The monoisotopic (exact) mass is 352 g/mol. The topological polar surface area (TPSA) is 52.1 Å². The molecular formula is C15H16N2O2S3. The maximum absolute atomic E-state index is 12.2. The highest BCUT2D eigenvalue weighted by atomic mass is 32.2. The third kappa shape index (κ3) is 2.66. The number of thiophene rings is 1. The second kappa shape index (κ2) is 6.60. The smallest absolute Gasteiger partial charge is 0.348 e. The predicted molar refractivity (Wildman–Crippen MR) is 92.3 cm³/mol. The van der Waals surface area contributed by atoms with Crippen LogP contribution in [0.5, 0.6) is 0 Å². The summed E-state index contributed by atoms with van der Waals surface area (Å²) < 4.78 is 6.34. The van der Waals surface area contributed by atoms with E-state index in [1.54, 1.807) is 11.8 Å². The lowest BCUT2D eigenvalue weighted by Crippen LogP contribution is -2.11. The van der Waals surface area contributed by atoms with E-state index in [1.807, 2.05) is 25.6 Å². The van der Waals surface area contributed by atoms with Crippen molar-refractivity contribution in [1.82, 2.24) is 9.97 Å². The van der Waals surface area contributed by atoms with Crippen molar-refractivity contribution in [3.63, 3.8) is 0 Å². The second-order valence-electron chi connectivity index (χ2n) is 4.73. The van der Waals surface area contributed by atoms with Gasteiger partial charge < -0.3 is 4.74 Å². The van der Waals surface area contributed by atoms with Crippen molar-refractivity contribution in [2.45, 2.75) is 29.1 Å². The van der Waals surface area contributed by atoms with E-state index in [9.17, 15) is 4.79 Å². The van der Waals surface area contributed by atoms with Gasteiger partial charge in [-0.25, -0.2) is 14.8 Å². The minimum absolute atomic E-state index is 0.216. The average molecular weight is 353 g/mol. The van der Waals surface area contributed by atoms with Gasteiger partial charge in [0, 0.05) is 11.8 Å². The number of rotatable bonds is 4. The van der Waals surface area contributed by atoms with Crippen molar-refractivity contribution in [3.05, 3.63) is 22.2 Å². The lowest BCUT2D eigenvalue weighted by atomic mass is 9.91. The first-order valence-electron chi connectivity index (χ1n) is 6.96. The summed E-state index contributed by atoms with van der Waals surface area (Å²) >= 11 is 4.72. The molecule has 3 rings (SSSR count). The summed E-state index contributed by atoms with van der Waals surface area (Å²) in [7, 11) is 0. The molecule has 0 aliphatic heterocycles. The van der Waals surface area contributed by atoms with Crippen LogP contribution in [0.15, 0.2) is 15.6 Å². The zero-order valence-electron chi connectivity index (χ0n) is 12.6. The van der Waals surface area contributed by atoms with Crippen molar-refractivity contribution in [1.29, 1.82) is 0 Å². The van der Waals surface area contributed by atoms with E-state index in [0.29, 0.717) is 6.61 Å². The Labute approximate surface area is 142 Å². The molecule has 7 heteroatoms. The molecule has 0 saturated carbocycles. The fraction of sp³-hybridized carbons (Fsp3) is 0.400. The lowest BCUT2D eigenvalue weighted by Gasteiger charge is -2.17. The molecular weight excluding hydrogens is 336 g/mol. The third-order valence-corrected chi connectivity index (χ3v) is 6.42. The number of ether oxygens (including phenoxy) is 1. The van der Waals surface area contributed by atoms with Gasteiger partial charge in [-0.2, -0.15) is 0 Å². The van der Waals surface area contributed by atoms with Gasteiger partial charge >= 0.3 is 5.97 Å². The number of fused-ring (bicyclic) bond motifs is 3.